The second kappa shape index (κ2) is 4.88. The number of rotatable bonds is 2. The van der Waals surface area contributed by atoms with Gasteiger partial charge in [0.2, 0.25) is 0 Å². The van der Waals surface area contributed by atoms with Crippen LogP contribution < -0.4 is 15.0 Å². The average Bonchev–Trinajstić information content (AvgIpc) is 3.09. The van der Waals surface area contributed by atoms with Crippen LogP contribution >= 0.6 is 0 Å². The van der Waals surface area contributed by atoms with E-state index < -0.39 is 0 Å². The first-order valence-corrected chi connectivity index (χ1v) is 7.68. The summed E-state index contributed by atoms with van der Waals surface area (Å²) in [6.45, 7) is 5.70. The monoisotopic (exact) mass is 283 g/mol. The van der Waals surface area contributed by atoms with Crippen molar-refractivity contribution < 1.29 is 4.74 Å². The third-order valence-corrected chi connectivity index (χ3v) is 5.17. The number of anilines is 1. The molecule has 2 aromatic rings. The summed E-state index contributed by atoms with van der Waals surface area (Å²) in [6, 6.07) is 8.79. The van der Waals surface area contributed by atoms with Crippen LogP contribution in [0.4, 0.5) is 5.82 Å². The summed E-state index contributed by atoms with van der Waals surface area (Å²) in [5, 5.41) is 5.85. The highest BCUT2D eigenvalue weighted by atomic mass is 16.5. The van der Waals surface area contributed by atoms with Gasteiger partial charge in [0.1, 0.15) is 11.6 Å². The maximum absolute atomic E-state index is 5.49. The lowest BCUT2D eigenvalue weighted by molar-refractivity contribution is 0.420. The minimum Gasteiger partial charge on any atom is -0.496 e. The van der Waals surface area contributed by atoms with Crippen molar-refractivity contribution in [3.05, 3.63) is 30.5 Å². The van der Waals surface area contributed by atoms with E-state index in [1.165, 1.54) is 5.39 Å². The molecule has 3 unspecified atom stereocenters. The molecule has 0 bridgehead atoms. The highest BCUT2D eigenvalue weighted by molar-refractivity contribution is 5.96. The molecule has 4 heteroatoms. The Hall–Kier alpha value is -1.81. The molecule has 0 saturated carbocycles. The van der Waals surface area contributed by atoms with Gasteiger partial charge in [-0.2, -0.15) is 0 Å². The van der Waals surface area contributed by atoms with Gasteiger partial charge in [-0.3, -0.25) is 0 Å². The summed E-state index contributed by atoms with van der Waals surface area (Å²) in [4.78, 5) is 7.18. The Kier molecular flexibility index (Phi) is 3.00. The number of fused-ring (bicyclic) bond motifs is 2. The molecule has 1 aromatic heterocycles. The SMILES string of the molecule is COc1cccc2c(N3CC4CNCC4C3C)nccc12. The first-order valence-electron chi connectivity index (χ1n) is 7.68. The Morgan fingerprint density at radius 3 is 2.95 bits per heavy atom. The fourth-order valence-electron chi connectivity index (χ4n) is 4.02. The average molecular weight is 283 g/mol. The number of benzene rings is 1. The van der Waals surface area contributed by atoms with Gasteiger partial charge in [-0.05, 0) is 30.9 Å². The predicted molar refractivity (Wildman–Crippen MR) is 85.0 cm³/mol. The topological polar surface area (TPSA) is 37.4 Å². The fourth-order valence-corrected chi connectivity index (χ4v) is 4.02. The maximum Gasteiger partial charge on any atom is 0.136 e. The van der Waals surface area contributed by atoms with Gasteiger partial charge in [-0.1, -0.05) is 12.1 Å². The summed E-state index contributed by atoms with van der Waals surface area (Å²) in [5.74, 6) is 3.52. The number of nitrogens with zero attached hydrogens (tertiary/aromatic N) is 2. The van der Waals surface area contributed by atoms with Gasteiger partial charge < -0.3 is 15.0 Å². The van der Waals surface area contributed by atoms with Gasteiger partial charge in [-0.25, -0.2) is 4.98 Å². The van der Waals surface area contributed by atoms with Gasteiger partial charge >= 0.3 is 0 Å². The van der Waals surface area contributed by atoms with Crippen molar-refractivity contribution in [2.24, 2.45) is 11.8 Å². The molecule has 4 rings (SSSR count). The van der Waals surface area contributed by atoms with Crippen LogP contribution in [0.25, 0.3) is 10.8 Å². The molecular formula is C17H21N3O. The van der Waals surface area contributed by atoms with Crippen molar-refractivity contribution in [2.75, 3.05) is 31.6 Å². The Morgan fingerprint density at radius 1 is 1.24 bits per heavy atom. The van der Waals surface area contributed by atoms with Crippen LogP contribution in [0.5, 0.6) is 5.75 Å². The molecule has 0 aliphatic carbocycles. The van der Waals surface area contributed by atoms with Crippen molar-refractivity contribution in [2.45, 2.75) is 13.0 Å². The lowest BCUT2D eigenvalue weighted by Gasteiger charge is -2.26. The Morgan fingerprint density at radius 2 is 2.14 bits per heavy atom. The van der Waals surface area contributed by atoms with Gasteiger partial charge in [0.15, 0.2) is 0 Å². The second-order valence-electron chi connectivity index (χ2n) is 6.17. The second-order valence-corrected chi connectivity index (χ2v) is 6.17. The Balaban J connectivity index is 1.81. The number of hydrogen-bond acceptors (Lipinski definition) is 4. The minimum absolute atomic E-state index is 0.536. The minimum atomic E-state index is 0.536. The van der Waals surface area contributed by atoms with Crippen molar-refractivity contribution in [3.8, 4) is 5.75 Å². The standard InChI is InChI=1S/C17H21N3O/c1-11-15-9-18-8-12(15)10-20(11)17-14-4-3-5-16(21-2)13(14)6-7-19-17/h3-7,11-12,15,18H,8-10H2,1-2H3. The zero-order valence-electron chi connectivity index (χ0n) is 12.5. The van der Waals surface area contributed by atoms with E-state index in [9.17, 15) is 0 Å². The van der Waals surface area contributed by atoms with Crippen molar-refractivity contribution >= 4 is 16.6 Å². The maximum atomic E-state index is 5.49. The normalized spacial score (nSPS) is 28.1. The van der Waals surface area contributed by atoms with E-state index in [2.05, 4.69) is 29.3 Å². The van der Waals surface area contributed by atoms with Crippen LogP contribution in [0.1, 0.15) is 6.92 Å². The molecule has 4 nitrogen and oxygen atoms in total. The Labute approximate surface area is 125 Å². The third-order valence-electron chi connectivity index (χ3n) is 5.17. The molecule has 21 heavy (non-hydrogen) atoms. The highest BCUT2D eigenvalue weighted by Crippen LogP contribution is 2.38. The van der Waals surface area contributed by atoms with E-state index >= 15 is 0 Å². The predicted octanol–water partition coefficient (Wildman–Crippen LogP) is 2.29. The van der Waals surface area contributed by atoms with Crippen molar-refractivity contribution in [1.82, 2.24) is 10.3 Å². The molecule has 2 aliphatic heterocycles. The fraction of sp³-hybridized carbons (Fsp3) is 0.471. The third kappa shape index (κ3) is 1.89. The summed E-state index contributed by atoms with van der Waals surface area (Å²) < 4.78 is 5.49. The van der Waals surface area contributed by atoms with E-state index in [-0.39, 0.29) is 0 Å². The van der Waals surface area contributed by atoms with Crippen LogP contribution in [0.3, 0.4) is 0 Å². The molecule has 1 aromatic carbocycles. The van der Waals surface area contributed by atoms with Gasteiger partial charge in [0.05, 0.1) is 7.11 Å². The van der Waals surface area contributed by atoms with E-state index in [1.807, 2.05) is 18.3 Å². The van der Waals surface area contributed by atoms with Gasteiger partial charge in [-0.15, -0.1) is 0 Å². The first kappa shape index (κ1) is 12.9. The molecule has 0 spiro atoms. The van der Waals surface area contributed by atoms with Gasteiger partial charge in [0, 0.05) is 42.6 Å². The summed E-state index contributed by atoms with van der Waals surface area (Å²) in [6.07, 6.45) is 1.90. The molecule has 2 saturated heterocycles. The first-order chi connectivity index (χ1) is 10.3. The lowest BCUT2D eigenvalue weighted by Crippen LogP contribution is -2.33. The molecule has 2 fully saturated rings. The lowest BCUT2D eigenvalue weighted by atomic mass is 9.95. The van der Waals surface area contributed by atoms with Crippen molar-refractivity contribution in [1.29, 1.82) is 0 Å². The Bertz CT molecular complexity index is 672. The van der Waals surface area contributed by atoms with E-state index in [4.69, 9.17) is 9.72 Å². The van der Waals surface area contributed by atoms with Crippen molar-refractivity contribution in [3.63, 3.8) is 0 Å². The van der Waals surface area contributed by atoms with E-state index in [1.54, 1.807) is 7.11 Å². The van der Waals surface area contributed by atoms with E-state index in [0.29, 0.717) is 6.04 Å². The van der Waals surface area contributed by atoms with Crippen LogP contribution in [0.15, 0.2) is 30.5 Å². The summed E-state index contributed by atoms with van der Waals surface area (Å²) in [5.41, 5.74) is 0. The number of ether oxygens (including phenoxy) is 1. The molecule has 0 amide bonds. The largest absolute Gasteiger partial charge is 0.496 e. The molecule has 3 atom stereocenters. The van der Waals surface area contributed by atoms with Crippen LogP contribution in [-0.4, -0.2) is 37.8 Å². The molecule has 1 N–H and O–H groups in total. The summed E-state index contributed by atoms with van der Waals surface area (Å²) >= 11 is 0. The van der Waals surface area contributed by atoms with Crippen LogP contribution in [0, 0.1) is 11.8 Å². The zero-order valence-corrected chi connectivity index (χ0v) is 12.5. The molecule has 3 heterocycles. The smallest absolute Gasteiger partial charge is 0.136 e. The quantitative estimate of drug-likeness (QED) is 0.917. The molecule has 2 aliphatic rings. The summed E-state index contributed by atoms with van der Waals surface area (Å²) in [7, 11) is 1.73. The van der Waals surface area contributed by atoms with Gasteiger partial charge in [0.25, 0.3) is 0 Å². The van der Waals surface area contributed by atoms with Crippen LogP contribution in [0.2, 0.25) is 0 Å². The number of nitrogens with one attached hydrogen (secondary N) is 1. The molecule has 0 radical (unpaired) electrons. The van der Waals surface area contributed by atoms with Crippen LogP contribution in [-0.2, 0) is 0 Å². The number of methoxy groups -OCH3 is 1. The number of aromatic nitrogens is 1. The number of hydrogen-bond donors (Lipinski definition) is 1. The highest BCUT2D eigenvalue weighted by Gasteiger charge is 2.42. The zero-order chi connectivity index (χ0) is 14.4. The molecular weight excluding hydrogens is 262 g/mol. The number of pyridine rings is 1. The molecule has 110 valence electrons. The van der Waals surface area contributed by atoms with E-state index in [0.717, 1.165) is 48.4 Å².